The van der Waals surface area contributed by atoms with E-state index < -0.39 is 0 Å². The third-order valence-electron chi connectivity index (χ3n) is 0. The van der Waals surface area contributed by atoms with Crippen molar-refractivity contribution in [2.75, 3.05) is 0 Å². The van der Waals surface area contributed by atoms with Crippen LogP contribution in [-0.2, 0) is 114 Å². The third kappa shape index (κ3) is 39.1. The Bertz CT molecular complexity index is 19.7. The van der Waals surface area contributed by atoms with E-state index in [0.29, 0.717) is 0 Å². The molecule has 1 radical (unpaired) electrons. The molecule has 0 aromatic rings. The van der Waals surface area contributed by atoms with Crippen LogP contribution in [0.15, 0.2) is 0 Å². The Morgan fingerprint density at radius 2 is 1.00 bits per heavy atom. The molecule has 0 N–H and O–H groups in total. The van der Waals surface area contributed by atoms with Gasteiger partial charge in [-0.05, 0) is 0 Å². The first kappa shape index (κ1) is 66.6. The van der Waals surface area contributed by atoms with Crippen LogP contribution in [0.1, 0.15) is 0 Å². The van der Waals surface area contributed by atoms with E-state index in [1.165, 1.54) is 0 Å². The van der Waals surface area contributed by atoms with Gasteiger partial charge < -0.3 is 0 Å². The van der Waals surface area contributed by atoms with Crippen LogP contribution in [-0.4, -0.2) is 17.4 Å². The summed E-state index contributed by atoms with van der Waals surface area (Å²) in [6.07, 6.45) is 0. The first-order chi connectivity index (χ1) is 0. The molecule has 0 fully saturated rings. The van der Waals surface area contributed by atoms with E-state index in [9.17, 15) is 0 Å². The molecule has 0 amide bonds. The molecular weight excluding hydrogens is 524 g/mol. The van der Waals surface area contributed by atoms with Gasteiger partial charge in [-0.15, -0.1) is 0 Å². The van der Waals surface area contributed by atoms with Crippen molar-refractivity contribution in [3.8, 4) is 0 Å². The van der Waals surface area contributed by atoms with Gasteiger partial charge in [0.2, 0.25) is 0 Å². The molecule has 0 aromatic heterocycles. The summed E-state index contributed by atoms with van der Waals surface area (Å²) in [5, 5.41) is 0. The summed E-state index contributed by atoms with van der Waals surface area (Å²) in [7, 11) is 0. The molecule has 0 nitrogen and oxygen atoms in total. The quantitative estimate of drug-likeness (QED) is 0.348. The summed E-state index contributed by atoms with van der Waals surface area (Å²) in [5.41, 5.74) is 0. The Labute approximate surface area is 129 Å². The molecule has 0 saturated carbocycles. The monoisotopic (exact) mass is 529 g/mol. The average Bonchev–Trinajstić information content (AvgIpc) is 0. The van der Waals surface area contributed by atoms with Crippen molar-refractivity contribution in [1.82, 2.24) is 0 Å². The molecule has 0 atom stereocenters. The molecule has 7 heteroatoms. The topological polar surface area (TPSA) is 0 Å². The molecule has 0 bridgehead atoms. The summed E-state index contributed by atoms with van der Waals surface area (Å²) in [6.45, 7) is 0. The standard InChI is InChI=1S/Al.Co.Cr.Mo.Ni.Ti.W.3H. The Hall–Kier alpha value is 4.16. The van der Waals surface area contributed by atoms with Gasteiger partial charge in [-0.2, -0.15) is 0 Å². The predicted octanol–water partition coefficient (Wildman–Crippen LogP) is -1.20. The van der Waals surface area contributed by atoms with E-state index in [4.69, 9.17) is 0 Å². The van der Waals surface area contributed by atoms with Crippen LogP contribution in [0.25, 0.3) is 0 Å². The van der Waals surface area contributed by atoms with Crippen molar-refractivity contribution >= 4 is 17.4 Å². The molecule has 0 aliphatic rings. The molecule has 47 valence electrons. The average molecular weight is 527 g/mol. The van der Waals surface area contributed by atoms with Crippen molar-refractivity contribution in [1.29, 1.82) is 0 Å². The molecule has 0 aromatic carbocycles. The van der Waals surface area contributed by atoms with Crippen LogP contribution >= 0.6 is 0 Å². The molecule has 7 heavy (non-hydrogen) atoms. The SMILES string of the molecule is [AlH3].[Co].[Cr].[Mo].[Ni].[Ti].[W]. The maximum atomic E-state index is 0. The van der Waals surface area contributed by atoms with Gasteiger partial charge in [0, 0.05) is 114 Å². The summed E-state index contributed by atoms with van der Waals surface area (Å²) >= 11 is 0. The predicted molar refractivity (Wildman–Crippen MR) is 9.94 cm³/mol. The van der Waals surface area contributed by atoms with Crippen LogP contribution in [0.2, 0.25) is 0 Å². The third-order valence-corrected chi connectivity index (χ3v) is 0. The van der Waals surface area contributed by atoms with Crippen LogP contribution < -0.4 is 0 Å². The summed E-state index contributed by atoms with van der Waals surface area (Å²) in [6, 6.07) is 0. The van der Waals surface area contributed by atoms with E-state index in [-0.39, 0.29) is 132 Å². The second-order valence-corrected chi connectivity index (χ2v) is 0. The smallest absolute Gasteiger partial charge is 0 e. The van der Waals surface area contributed by atoms with E-state index in [0.717, 1.165) is 0 Å². The van der Waals surface area contributed by atoms with Gasteiger partial charge in [0.05, 0.1) is 0 Å². The van der Waals surface area contributed by atoms with Crippen LogP contribution in [0, 0.1) is 0 Å². The van der Waals surface area contributed by atoms with Gasteiger partial charge in [-0.1, -0.05) is 0 Å². The molecule has 0 saturated heterocycles. The van der Waals surface area contributed by atoms with Crippen molar-refractivity contribution in [3.05, 3.63) is 0 Å². The van der Waals surface area contributed by atoms with Gasteiger partial charge in [-0.25, -0.2) is 0 Å². The van der Waals surface area contributed by atoms with Crippen molar-refractivity contribution in [2.45, 2.75) is 0 Å². The molecule has 0 aliphatic heterocycles. The number of rotatable bonds is 0. The molecule has 0 spiro atoms. The summed E-state index contributed by atoms with van der Waals surface area (Å²) < 4.78 is 0. The largest absolute Gasteiger partial charge is 0.187 e. The fourth-order valence-electron chi connectivity index (χ4n) is 0. The van der Waals surface area contributed by atoms with Crippen LogP contribution in [0.5, 0.6) is 0 Å². The zero-order chi connectivity index (χ0) is 0. The fraction of sp³-hybridized carbons (Fsp3) is 0. The molecule has 0 aliphatic carbocycles. The first-order valence-electron chi connectivity index (χ1n) is 0. The van der Waals surface area contributed by atoms with E-state index >= 15 is 0 Å². The second-order valence-electron chi connectivity index (χ2n) is 0. The minimum atomic E-state index is 0. The van der Waals surface area contributed by atoms with Gasteiger partial charge in [-0.3, -0.25) is 0 Å². The zero-order valence-electron chi connectivity index (χ0n) is 2.37. The van der Waals surface area contributed by atoms with E-state index in [2.05, 4.69) is 0 Å². The summed E-state index contributed by atoms with van der Waals surface area (Å²) in [5.74, 6) is 0. The van der Waals surface area contributed by atoms with Crippen molar-refractivity contribution < 1.29 is 114 Å². The molecule has 0 heterocycles. The van der Waals surface area contributed by atoms with Crippen LogP contribution in [0.3, 0.4) is 0 Å². The van der Waals surface area contributed by atoms with Crippen molar-refractivity contribution in [3.63, 3.8) is 0 Å². The number of hydrogen-bond acceptors (Lipinski definition) is 0. The molecule has 0 rings (SSSR count). The van der Waals surface area contributed by atoms with E-state index in [1.54, 1.807) is 0 Å². The minimum Gasteiger partial charge on any atom is 0 e. The Morgan fingerprint density at radius 3 is 1.00 bits per heavy atom. The first-order valence-corrected chi connectivity index (χ1v) is 0. The van der Waals surface area contributed by atoms with Gasteiger partial charge in [0.1, 0.15) is 0 Å². The maximum Gasteiger partial charge on any atom is 0.187 e. The molecule has 0 unspecified atom stereocenters. The van der Waals surface area contributed by atoms with Gasteiger partial charge >= 0.3 is 0 Å². The number of hydrogen-bond donors (Lipinski definition) is 0. The zero-order valence-corrected chi connectivity index (χ0v) is 12.2. The normalized spacial score (nSPS) is 0. The van der Waals surface area contributed by atoms with E-state index in [1.807, 2.05) is 0 Å². The van der Waals surface area contributed by atoms with Gasteiger partial charge in [0.25, 0.3) is 0 Å². The maximum absolute atomic E-state index is 0. The Balaban J connectivity index is 0. The second kappa shape index (κ2) is 49.3. The minimum absolute atomic E-state index is 0. The van der Waals surface area contributed by atoms with Gasteiger partial charge in [0.15, 0.2) is 17.4 Å². The summed E-state index contributed by atoms with van der Waals surface area (Å²) in [4.78, 5) is 0. The molecular formula is H3AlCoCrMoNiTiW. The van der Waals surface area contributed by atoms with Crippen LogP contribution in [0.4, 0.5) is 0 Å². The fourth-order valence-corrected chi connectivity index (χ4v) is 0. The Kier molecular flexibility index (Phi) is 469. The Morgan fingerprint density at radius 1 is 1.00 bits per heavy atom. The van der Waals surface area contributed by atoms with Crippen molar-refractivity contribution in [2.24, 2.45) is 0 Å².